The number of nitrogens with zero attached hydrogens (tertiary/aromatic N) is 1. The summed E-state index contributed by atoms with van der Waals surface area (Å²) in [6.07, 6.45) is 1.41. The highest BCUT2D eigenvalue weighted by atomic mass is 16.1. The highest BCUT2D eigenvalue weighted by Crippen LogP contribution is 2.10. The number of rotatable bonds is 5. The third-order valence-corrected chi connectivity index (χ3v) is 3.54. The zero-order valence-corrected chi connectivity index (χ0v) is 12.3. The molecule has 0 atom stereocenters. The van der Waals surface area contributed by atoms with Crippen LogP contribution in [0, 0.1) is 13.8 Å². The number of carbonyl (C=O) groups excluding carboxylic acids is 1. The first kappa shape index (κ1) is 14.3. The Bertz CT molecular complexity index is 565. The monoisotopic (exact) mass is 271 g/mol. The van der Waals surface area contributed by atoms with Gasteiger partial charge in [-0.05, 0) is 31.4 Å². The molecule has 0 aliphatic rings. The number of H-pyrrole nitrogens is 1. The summed E-state index contributed by atoms with van der Waals surface area (Å²) in [4.78, 5) is 12.0. The summed E-state index contributed by atoms with van der Waals surface area (Å²) >= 11 is 0. The summed E-state index contributed by atoms with van der Waals surface area (Å²) in [7, 11) is 0. The average Bonchev–Trinajstić information content (AvgIpc) is 2.77. The Morgan fingerprint density at radius 1 is 1.20 bits per heavy atom. The van der Waals surface area contributed by atoms with Crippen molar-refractivity contribution in [2.75, 3.05) is 0 Å². The van der Waals surface area contributed by atoms with E-state index in [9.17, 15) is 4.79 Å². The smallest absolute Gasteiger partial charge is 0.224 e. The van der Waals surface area contributed by atoms with E-state index in [1.165, 1.54) is 5.56 Å². The number of aromatic nitrogens is 2. The molecule has 0 bridgehead atoms. The molecule has 2 rings (SSSR count). The average molecular weight is 271 g/mol. The van der Waals surface area contributed by atoms with Gasteiger partial charge in [0.1, 0.15) is 0 Å². The first-order valence-electron chi connectivity index (χ1n) is 6.95. The molecule has 1 aromatic heterocycles. The highest BCUT2D eigenvalue weighted by Gasteiger charge is 2.10. The van der Waals surface area contributed by atoms with Crippen molar-refractivity contribution in [3.8, 4) is 0 Å². The van der Waals surface area contributed by atoms with Gasteiger partial charge < -0.3 is 5.32 Å². The van der Waals surface area contributed by atoms with Gasteiger partial charge >= 0.3 is 0 Å². The van der Waals surface area contributed by atoms with Gasteiger partial charge in [0.25, 0.3) is 0 Å². The Morgan fingerprint density at radius 3 is 2.40 bits per heavy atom. The molecule has 0 radical (unpaired) electrons. The van der Waals surface area contributed by atoms with Gasteiger partial charge in [0.15, 0.2) is 0 Å². The minimum absolute atomic E-state index is 0.0252. The Morgan fingerprint density at radius 2 is 1.85 bits per heavy atom. The summed E-state index contributed by atoms with van der Waals surface area (Å²) in [6, 6.07) is 8.33. The SMILES string of the molecule is CCc1ccc(CNC(=O)Cc2c(C)n[nH]c2C)cc1. The van der Waals surface area contributed by atoms with Gasteiger partial charge in [0.05, 0.1) is 12.1 Å². The van der Waals surface area contributed by atoms with Crippen molar-refractivity contribution >= 4 is 5.91 Å². The zero-order chi connectivity index (χ0) is 14.5. The number of aromatic amines is 1. The van der Waals surface area contributed by atoms with Crippen LogP contribution in [0.15, 0.2) is 24.3 Å². The molecule has 4 nitrogen and oxygen atoms in total. The van der Waals surface area contributed by atoms with Gasteiger partial charge in [-0.1, -0.05) is 31.2 Å². The van der Waals surface area contributed by atoms with E-state index >= 15 is 0 Å². The van der Waals surface area contributed by atoms with Gasteiger partial charge in [0, 0.05) is 17.8 Å². The molecule has 0 fully saturated rings. The van der Waals surface area contributed by atoms with Crippen LogP contribution in [0.1, 0.15) is 35.0 Å². The van der Waals surface area contributed by atoms with Gasteiger partial charge in [-0.15, -0.1) is 0 Å². The van der Waals surface area contributed by atoms with Crippen LogP contribution in [-0.4, -0.2) is 16.1 Å². The molecule has 0 unspecified atom stereocenters. The molecule has 0 aliphatic carbocycles. The lowest BCUT2D eigenvalue weighted by Crippen LogP contribution is -2.24. The molecule has 1 amide bonds. The Hall–Kier alpha value is -2.10. The Labute approximate surface area is 119 Å². The Kier molecular flexibility index (Phi) is 4.56. The van der Waals surface area contributed by atoms with Crippen molar-refractivity contribution in [2.24, 2.45) is 0 Å². The molecule has 1 aromatic carbocycles. The number of hydrogen-bond donors (Lipinski definition) is 2. The maximum absolute atomic E-state index is 12.0. The van der Waals surface area contributed by atoms with Crippen molar-refractivity contribution < 1.29 is 4.79 Å². The van der Waals surface area contributed by atoms with E-state index in [4.69, 9.17) is 0 Å². The van der Waals surface area contributed by atoms with Crippen LogP contribution in [-0.2, 0) is 24.2 Å². The van der Waals surface area contributed by atoms with Gasteiger partial charge in [-0.3, -0.25) is 9.89 Å². The van der Waals surface area contributed by atoms with Gasteiger partial charge in [-0.2, -0.15) is 5.10 Å². The van der Waals surface area contributed by atoms with E-state index in [1.54, 1.807) is 0 Å². The number of benzene rings is 1. The van der Waals surface area contributed by atoms with Crippen LogP contribution < -0.4 is 5.32 Å². The van der Waals surface area contributed by atoms with Crippen molar-refractivity contribution in [1.82, 2.24) is 15.5 Å². The highest BCUT2D eigenvalue weighted by molar-refractivity contribution is 5.79. The summed E-state index contributed by atoms with van der Waals surface area (Å²) in [5, 5.41) is 9.95. The molecule has 0 aliphatic heterocycles. The first-order chi connectivity index (χ1) is 9.60. The molecule has 1 heterocycles. The molecule has 2 N–H and O–H groups in total. The second kappa shape index (κ2) is 6.37. The third-order valence-electron chi connectivity index (χ3n) is 3.54. The van der Waals surface area contributed by atoms with Gasteiger partial charge in [-0.25, -0.2) is 0 Å². The standard InChI is InChI=1S/C16H21N3O/c1-4-13-5-7-14(8-6-13)10-17-16(20)9-15-11(2)18-19-12(15)3/h5-8H,4,9-10H2,1-3H3,(H,17,20)(H,18,19). The molecule has 20 heavy (non-hydrogen) atoms. The second-order valence-electron chi connectivity index (χ2n) is 5.04. The lowest BCUT2D eigenvalue weighted by molar-refractivity contribution is -0.120. The van der Waals surface area contributed by atoms with E-state index in [1.807, 2.05) is 13.8 Å². The van der Waals surface area contributed by atoms with Crippen LogP contribution in [0.25, 0.3) is 0 Å². The van der Waals surface area contributed by atoms with E-state index in [0.29, 0.717) is 13.0 Å². The molecule has 2 aromatic rings. The minimum Gasteiger partial charge on any atom is -0.352 e. The molecule has 0 saturated heterocycles. The number of carbonyl (C=O) groups is 1. The number of hydrogen-bond acceptors (Lipinski definition) is 2. The van der Waals surface area contributed by atoms with Crippen LogP contribution in [0.2, 0.25) is 0 Å². The molecule has 106 valence electrons. The molecular formula is C16H21N3O. The van der Waals surface area contributed by atoms with Gasteiger partial charge in [0.2, 0.25) is 5.91 Å². The van der Waals surface area contributed by atoms with E-state index in [2.05, 4.69) is 46.7 Å². The normalized spacial score (nSPS) is 10.6. The maximum Gasteiger partial charge on any atom is 0.224 e. The van der Waals surface area contributed by atoms with E-state index in [0.717, 1.165) is 28.9 Å². The topological polar surface area (TPSA) is 57.8 Å². The lowest BCUT2D eigenvalue weighted by Gasteiger charge is -2.06. The van der Waals surface area contributed by atoms with Crippen LogP contribution >= 0.6 is 0 Å². The summed E-state index contributed by atoms with van der Waals surface area (Å²) in [6.45, 7) is 6.55. The fourth-order valence-electron chi connectivity index (χ4n) is 2.15. The molecule has 0 saturated carbocycles. The third kappa shape index (κ3) is 3.47. The fourth-order valence-corrected chi connectivity index (χ4v) is 2.15. The number of nitrogens with one attached hydrogen (secondary N) is 2. The maximum atomic E-state index is 12.0. The first-order valence-corrected chi connectivity index (χ1v) is 6.95. The predicted molar refractivity (Wildman–Crippen MR) is 79.4 cm³/mol. The molecular weight excluding hydrogens is 250 g/mol. The minimum atomic E-state index is 0.0252. The lowest BCUT2D eigenvalue weighted by atomic mass is 10.1. The second-order valence-corrected chi connectivity index (χ2v) is 5.04. The van der Waals surface area contributed by atoms with Crippen LogP contribution in [0.3, 0.4) is 0 Å². The fraction of sp³-hybridized carbons (Fsp3) is 0.375. The van der Waals surface area contributed by atoms with Crippen LogP contribution in [0.4, 0.5) is 0 Å². The number of amides is 1. The summed E-state index contributed by atoms with van der Waals surface area (Å²) in [5.74, 6) is 0.0252. The van der Waals surface area contributed by atoms with Crippen molar-refractivity contribution in [3.63, 3.8) is 0 Å². The zero-order valence-electron chi connectivity index (χ0n) is 12.3. The molecule has 0 spiro atoms. The van der Waals surface area contributed by atoms with E-state index < -0.39 is 0 Å². The van der Waals surface area contributed by atoms with Crippen LogP contribution in [0.5, 0.6) is 0 Å². The quantitative estimate of drug-likeness (QED) is 0.877. The summed E-state index contributed by atoms with van der Waals surface area (Å²) in [5.41, 5.74) is 5.28. The molecule has 4 heteroatoms. The summed E-state index contributed by atoms with van der Waals surface area (Å²) < 4.78 is 0. The van der Waals surface area contributed by atoms with Crippen molar-refractivity contribution in [2.45, 2.75) is 40.2 Å². The Balaban J connectivity index is 1.89. The van der Waals surface area contributed by atoms with Crippen molar-refractivity contribution in [3.05, 3.63) is 52.3 Å². The number of aryl methyl sites for hydroxylation is 3. The van der Waals surface area contributed by atoms with Crippen molar-refractivity contribution in [1.29, 1.82) is 0 Å². The predicted octanol–water partition coefficient (Wildman–Crippen LogP) is 2.45. The van der Waals surface area contributed by atoms with E-state index in [-0.39, 0.29) is 5.91 Å². The largest absolute Gasteiger partial charge is 0.352 e.